The minimum atomic E-state index is -4.05. The number of aliphatic hydroxyl groups is 2. The fourth-order valence-electron chi connectivity index (χ4n) is 4.40. The standard InChI is InChI=1S/C21H27N6O7P/c1-20(2)8-13(12-4-6-23-7-5-12)33-35(30,34-20)31-9-14-16(28)21(3,29)19(32-14)27-11-26-15-17(22)24-10-25-18(15)27/h4-7,10-11,13-14,16,19,28-29H,8-9H2,1-3H3,(H2,22,24,25)/t13-,14+,16+,19+,21+,35?/m0/s1. The predicted octanol–water partition coefficient (Wildman–Crippen LogP) is 1.89. The van der Waals surface area contributed by atoms with E-state index in [0.717, 1.165) is 5.56 Å². The van der Waals surface area contributed by atoms with Crippen molar-refractivity contribution in [1.82, 2.24) is 24.5 Å². The Balaban J connectivity index is 1.34. The highest BCUT2D eigenvalue weighted by Crippen LogP contribution is 2.61. The monoisotopic (exact) mass is 506 g/mol. The van der Waals surface area contributed by atoms with Gasteiger partial charge in [0.1, 0.15) is 29.7 Å². The second kappa shape index (κ2) is 8.56. The van der Waals surface area contributed by atoms with Gasteiger partial charge < -0.3 is 20.7 Å². The largest absolute Gasteiger partial charge is 0.476 e. The van der Waals surface area contributed by atoms with Gasteiger partial charge in [-0.2, -0.15) is 0 Å². The van der Waals surface area contributed by atoms with Gasteiger partial charge in [-0.25, -0.2) is 19.5 Å². The summed E-state index contributed by atoms with van der Waals surface area (Å²) in [6, 6.07) is 3.54. The van der Waals surface area contributed by atoms with Crippen LogP contribution in [0.15, 0.2) is 37.2 Å². The van der Waals surface area contributed by atoms with E-state index >= 15 is 0 Å². The maximum atomic E-state index is 13.5. The molecular formula is C21H27N6O7P. The predicted molar refractivity (Wildman–Crippen MR) is 122 cm³/mol. The molecule has 2 aliphatic rings. The fraction of sp³-hybridized carbons (Fsp3) is 0.524. The third-order valence-electron chi connectivity index (χ3n) is 6.16. The Morgan fingerprint density at radius 3 is 2.74 bits per heavy atom. The summed E-state index contributed by atoms with van der Waals surface area (Å²) in [5.41, 5.74) is 4.72. The average molecular weight is 506 g/mol. The van der Waals surface area contributed by atoms with Crippen LogP contribution in [0.1, 0.15) is 45.1 Å². The van der Waals surface area contributed by atoms with E-state index in [1.54, 1.807) is 38.4 Å². The molecule has 2 fully saturated rings. The number of imidazole rings is 1. The number of aromatic nitrogens is 5. The van der Waals surface area contributed by atoms with E-state index in [0.29, 0.717) is 17.6 Å². The molecule has 0 spiro atoms. The summed E-state index contributed by atoms with van der Waals surface area (Å²) < 4.78 is 37.9. The maximum Gasteiger partial charge on any atom is 0.476 e. The molecule has 0 radical (unpaired) electrons. The second-order valence-electron chi connectivity index (χ2n) is 9.45. The zero-order valence-electron chi connectivity index (χ0n) is 19.4. The number of rotatable bonds is 5. The molecule has 13 nitrogen and oxygen atoms in total. The van der Waals surface area contributed by atoms with E-state index in [1.807, 2.05) is 0 Å². The SMILES string of the molecule is CC1(C)C[C@@H](c2ccncc2)OP(=O)(OC[C@H]2O[C@@H](n3cnc4c(N)ncnc43)[C@](C)(O)[C@@H]2O)O1. The smallest absolute Gasteiger partial charge is 0.387 e. The van der Waals surface area contributed by atoms with Crippen molar-refractivity contribution in [2.75, 3.05) is 12.3 Å². The number of pyridine rings is 1. The Hall–Kier alpha value is -2.51. The molecule has 0 amide bonds. The van der Waals surface area contributed by atoms with Crippen LogP contribution in [0.2, 0.25) is 0 Å². The van der Waals surface area contributed by atoms with Crippen LogP contribution < -0.4 is 5.73 Å². The Kier molecular flexibility index (Phi) is 5.92. The van der Waals surface area contributed by atoms with Crippen molar-refractivity contribution in [1.29, 1.82) is 0 Å². The Morgan fingerprint density at radius 1 is 1.26 bits per heavy atom. The summed E-state index contributed by atoms with van der Waals surface area (Å²) in [6.07, 6.45) is 2.26. The quantitative estimate of drug-likeness (QED) is 0.429. The molecule has 3 aromatic rings. The lowest BCUT2D eigenvalue weighted by Crippen LogP contribution is -2.44. The molecule has 3 aromatic heterocycles. The molecule has 1 unspecified atom stereocenters. The molecule has 0 bridgehead atoms. The van der Waals surface area contributed by atoms with Crippen LogP contribution in [0.5, 0.6) is 0 Å². The molecule has 5 rings (SSSR count). The number of hydrogen-bond donors (Lipinski definition) is 3. The fourth-order valence-corrected chi connectivity index (χ4v) is 6.07. The lowest BCUT2D eigenvalue weighted by molar-refractivity contribution is -0.0967. The second-order valence-corrected chi connectivity index (χ2v) is 11.0. The average Bonchev–Trinajstić information content (AvgIpc) is 3.31. The molecule has 5 heterocycles. The molecule has 0 saturated carbocycles. The minimum Gasteiger partial charge on any atom is -0.387 e. The van der Waals surface area contributed by atoms with E-state index in [-0.39, 0.29) is 12.4 Å². The number of phosphoric ester groups is 1. The molecular weight excluding hydrogens is 479 g/mol. The number of nitrogen functional groups attached to an aromatic ring is 1. The number of nitrogens with zero attached hydrogens (tertiary/aromatic N) is 5. The van der Waals surface area contributed by atoms with Crippen LogP contribution in [0.3, 0.4) is 0 Å². The number of phosphoric acid groups is 1. The lowest BCUT2D eigenvalue weighted by atomic mass is 9.96. The topological polar surface area (TPSA) is 177 Å². The summed E-state index contributed by atoms with van der Waals surface area (Å²) in [6.45, 7) is 4.63. The molecule has 188 valence electrons. The highest BCUT2D eigenvalue weighted by Gasteiger charge is 2.55. The van der Waals surface area contributed by atoms with Gasteiger partial charge in [-0.1, -0.05) is 0 Å². The number of ether oxygens (including phenoxy) is 1. The van der Waals surface area contributed by atoms with Crippen LogP contribution in [-0.4, -0.2) is 64.7 Å². The first-order valence-electron chi connectivity index (χ1n) is 11.0. The van der Waals surface area contributed by atoms with Crippen LogP contribution in [-0.2, 0) is 22.9 Å². The molecule has 0 aromatic carbocycles. The highest BCUT2D eigenvalue weighted by atomic mass is 31.2. The van der Waals surface area contributed by atoms with Crippen molar-refractivity contribution in [2.45, 2.75) is 62.9 Å². The van der Waals surface area contributed by atoms with Gasteiger partial charge in [0, 0.05) is 18.8 Å². The Bertz CT molecular complexity index is 1270. The van der Waals surface area contributed by atoms with E-state index in [2.05, 4.69) is 19.9 Å². The van der Waals surface area contributed by atoms with E-state index in [9.17, 15) is 14.8 Å². The number of anilines is 1. The van der Waals surface area contributed by atoms with Crippen LogP contribution in [0.25, 0.3) is 11.2 Å². The first-order valence-corrected chi connectivity index (χ1v) is 12.5. The van der Waals surface area contributed by atoms with E-state index < -0.39 is 43.6 Å². The molecule has 0 aliphatic carbocycles. The van der Waals surface area contributed by atoms with Gasteiger partial charge in [-0.3, -0.25) is 23.1 Å². The summed E-state index contributed by atoms with van der Waals surface area (Å²) in [7, 11) is -4.05. The van der Waals surface area contributed by atoms with Crippen molar-refractivity contribution in [2.24, 2.45) is 0 Å². The number of aliphatic hydroxyl groups excluding tert-OH is 1. The van der Waals surface area contributed by atoms with Crippen LogP contribution in [0.4, 0.5) is 5.82 Å². The van der Waals surface area contributed by atoms with Crippen LogP contribution >= 0.6 is 7.82 Å². The normalized spacial score (nSPS) is 34.9. The van der Waals surface area contributed by atoms with Gasteiger partial charge >= 0.3 is 7.82 Å². The maximum absolute atomic E-state index is 13.5. The molecule has 14 heteroatoms. The zero-order chi connectivity index (χ0) is 25.0. The van der Waals surface area contributed by atoms with Gasteiger partial charge in [0.25, 0.3) is 0 Å². The van der Waals surface area contributed by atoms with Gasteiger partial charge in [0.2, 0.25) is 0 Å². The lowest BCUT2D eigenvalue weighted by Gasteiger charge is -2.39. The van der Waals surface area contributed by atoms with Gasteiger partial charge in [-0.05, 0) is 38.5 Å². The van der Waals surface area contributed by atoms with E-state index in [1.165, 1.54) is 24.1 Å². The van der Waals surface area contributed by atoms with Gasteiger partial charge in [0.15, 0.2) is 17.7 Å². The first-order chi connectivity index (χ1) is 16.5. The van der Waals surface area contributed by atoms with Crippen molar-refractivity contribution in [3.8, 4) is 0 Å². The summed E-state index contributed by atoms with van der Waals surface area (Å²) in [5, 5.41) is 21.9. The van der Waals surface area contributed by atoms with Gasteiger partial charge in [-0.15, -0.1) is 0 Å². The summed E-state index contributed by atoms with van der Waals surface area (Å²) >= 11 is 0. The third-order valence-corrected chi connectivity index (χ3v) is 7.86. The van der Waals surface area contributed by atoms with Crippen LogP contribution in [0, 0.1) is 0 Å². The summed E-state index contributed by atoms with van der Waals surface area (Å²) in [5.74, 6) is 0.169. The van der Waals surface area contributed by atoms with Gasteiger partial charge in [0.05, 0.1) is 24.6 Å². The number of fused-ring (bicyclic) bond motifs is 1. The van der Waals surface area contributed by atoms with E-state index in [4.69, 9.17) is 24.0 Å². The molecule has 4 N–H and O–H groups in total. The zero-order valence-corrected chi connectivity index (χ0v) is 20.3. The molecule has 6 atom stereocenters. The van der Waals surface area contributed by atoms with Crippen molar-refractivity contribution in [3.05, 3.63) is 42.7 Å². The van der Waals surface area contributed by atoms with Crippen molar-refractivity contribution < 1.29 is 33.1 Å². The molecule has 35 heavy (non-hydrogen) atoms. The number of nitrogens with two attached hydrogens (primary N) is 1. The Morgan fingerprint density at radius 2 is 2.00 bits per heavy atom. The Labute approximate surface area is 200 Å². The summed E-state index contributed by atoms with van der Waals surface area (Å²) in [4.78, 5) is 16.2. The van der Waals surface area contributed by atoms with Crippen molar-refractivity contribution in [3.63, 3.8) is 0 Å². The molecule has 2 saturated heterocycles. The minimum absolute atomic E-state index is 0.169. The first kappa shape index (κ1) is 24.2. The third kappa shape index (κ3) is 4.45. The molecule has 2 aliphatic heterocycles. The van der Waals surface area contributed by atoms with Crippen molar-refractivity contribution >= 4 is 24.8 Å². The highest BCUT2D eigenvalue weighted by molar-refractivity contribution is 7.48. The number of hydrogen-bond acceptors (Lipinski definition) is 12.